The molecule has 0 aliphatic heterocycles. The van der Waals surface area contributed by atoms with E-state index in [0.29, 0.717) is 28.8 Å². The zero-order valence-electron chi connectivity index (χ0n) is 11.8. The predicted octanol–water partition coefficient (Wildman–Crippen LogP) is 3.59. The quantitative estimate of drug-likeness (QED) is 0.714. The molecule has 7 heteroatoms. The monoisotopic (exact) mass is 370 g/mol. The molecule has 0 bridgehead atoms. The van der Waals surface area contributed by atoms with Gasteiger partial charge in [-0.1, -0.05) is 22.0 Å². The van der Waals surface area contributed by atoms with Crippen LogP contribution in [0.25, 0.3) is 11.0 Å². The average molecular weight is 371 g/mol. The number of rotatable bonds is 3. The van der Waals surface area contributed by atoms with E-state index in [9.17, 15) is 9.59 Å². The summed E-state index contributed by atoms with van der Waals surface area (Å²) in [7, 11) is 0. The molecule has 1 aromatic heterocycles. The van der Waals surface area contributed by atoms with Gasteiger partial charge in [-0.3, -0.25) is 14.8 Å². The number of hydrogen-bond acceptors (Lipinski definition) is 4. The summed E-state index contributed by atoms with van der Waals surface area (Å²) >= 11 is 3.33. The molecule has 0 fully saturated rings. The van der Waals surface area contributed by atoms with Crippen LogP contribution in [0.3, 0.4) is 0 Å². The predicted molar refractivity (Wildman–Crippen MR) is 91.2 cm³/mol. The number of carbonyl (C=O) groups is 2. The molecule has 3 aromatic rings. The maximum Gasteiger partial charge on any atom is 0.332 e. The van der Waals surface area contributed by atoms with Crippen LogP contribution in [0, 0.1) is 0 Å². The van der Waals surface area contributed by atoms with Crippen LogP contribution < -0.4 is 10.2 Å². The first-order chi connectivity index (χ1) is 11.2. The summed E-state index contributed by atoms with van der Waals surface area (Å²) in [5.74, 6) is 0. The summed E-state index contributed by atoms with van der Waals surface area (Å²) in [6.07, 6.45) is 3.60. The fourth-order valence-corrected chi connectivity index (χ4v) is 2.48. The summed E-state index contributed by atoms with van der Waals surface area (Å²) in [5.41, 5.74) is 2.29. The molecule has 6 nitrogen and oxygen atoms in total. The molecule has 2 aromatic carbocycles. The molecular formula is C16H11BrN4O2. The molecule has 0 unspecified atom stereocenters. The van der Waals surface area contributed by atoms with E-state index in [1.807, 2.05) is 6.07 Å². The second-order valence-electron chi connectivity index (χ2n) is 4.65. The largest absolute Gasteiger partial charge is 0.332 e. The molecule has 0 aliphatic rings. The molecule has 23 heavy (non-hydrogen) atoms. The molecule has 0 atom stereocenters. The van der Waals surface area contributed by atoms with Gasteiger partial charge in [0.25, 0.3) is 0 Å². The minimum absolute atomic E-state index is 0.417. The van der Waals surface area contributed by atoms with Gasteiger partial charge in [0, 0.05) is 22.6 Å². The van der Waals surface area contributed by atoms with Crippen molar-refractivity contribution in [1.82, 2.24) is 9.97 Å². The van der Waals surface area contributed by atoms with Crippen LogP contribution in [0.2, 0.25) is 0 Å². The third kappa shape index (κ3) is 3.35. The molecule has 1 heterocycles. The lowest BCUT2D eigenvalue weighted by Crippen LogP contribution is -2.33. The average Bonchev–Trinajstić information content (AvgIpc) is 2.55. The van der Waals surface area contributed by atoms with Gasteiger partial charge in [-0.15, -0.1) is 0 Å². The molecule has 0 spiro atoms. The van der Waals surface area contributed by atoms with Crippen LogP contribution in [-0.4, -0.2) is 22.4 Å². The Hall–Kier alpha value is -2.80. The standard InChI is InChI=1S/C16H11BrN4O2/c17-11-2-1-3-12(8-11)20-16(23)21(10-22)13-4-5-14-15(9-13)19-7-6-18-14/h1-10H,(H,20,23). The molecule has 0 aliphatic carbocycles. The third-order valence-corrected chi connectivity index (χ3v) is 3.62. The highest BCUT2D eigenvalue weighted by Gasteiger charge is 2.16. The number of aromatic nitrogens is 2. The first-order valence-electron chi connectivity index (χ1n) is 6.69. The normalized spacial score (nSPS) is 10.3. The molecule has 114 valence electrons. The Kier molecular flexibility index (Phi) is 4.29. The van der Waals surface area contributed by atoms with E-state index in [-0.39, 0.29) is 0 Å². The van der Waals surface area contributed by atoms with Gasteiger partial charge in [0.2, 0.25) is 6.41 Å². The van der Waals surface area contributed by atoms with Crippen molar-refractivity contribution in [2.24, 2.45) is 0 Å². The maximum absolute atomic E-state index is 12.3. The van der Waals surface area contributed by atoms with E-state index in [2.05, 4.69) is 31.2 Å². The number of nitrogens with zero attached hydrogens (tertiary/aromatic N) is 3. The molecule has 0 radical (unpaired) electrons. The summed E-state index contributed by atoms with van der Waals surface area (Å²) in [6.45, 7) is 0. The zero-order valence-corrected chi connectivity index (χ0v) is 13.4. The second-order valence-corrected chi connectivity index (χ2v) is 5.56. The number of anilines is 2. The van der Waals surface area contributed by atoms with Crippen LogP contribution in [0.1, 0.15) is 0 Å². The Morgan fingerprint density at radius 3 is 2.61 bits per heavy atom. The lowest BCUT2D eigenvalue weighted by molar-refractivity contribution is -0.106. The first-order valence-corrected chi connectivity index (χ1v) is 7.48. The van der Waals surface area contributed by atoms with Gasteiger partial charge in [0.15, 0.2) is 0 Å². The second kappa shape index (κ2) is 6.53. The van der Waals surface area contributed by atoms with Crippen LogP contribution in [0.4, 0.5) is 16.2 Å². The number of imide groups is 1. The van der Waals surface area contributed by atoms with Gasteiger partial charge in [0.1, 0.15) is 0 Å². The van der Waals surface area contributed by atoms with E-state index in [0.717, 1.165) is 9.37 Å². The van der Waals surface area contributed by atoms with Crippen molar-refractivity contribution in [3.05, 3.63) is 59.3 Å². The summed E-state index contributed by atoms with van der Waals surface area (Å²) in [5, 5.41) is 2.67. The number of amides is 3. The fraction of sp³-hybridized carbons (Fsp3) is 0. The van der Waals surface area contributed by atoms with Crippen molar-refractivity contribution in [2.45, 2.75) is 0 Å². The molecular weight excluding hydrogens is 360 g/mol. The molecule has 0 saturated heterocycles. The minimum atomic E-state index is -0.554. The van der Waals surface area contributed by atoms with Crippen LogP contribution in [-0.2, 0) is 4.79 Å². The first kappa shape index (κ1) is 15.1. The number of hydrogen-bond donors (Lipinski definition) is 1. The number of carbonyl (C=O) groups excluding carboxylic acids is 2. The Bertz CT molecular complexity index is 885. The Morgan fingerprint density at radius 1 is 1.09 bits per heavy atom. The van der Waals surface area contributed by atoms with Crippen molar-refractivity contribution < 1.29 is 9.59 Å². The van der Waals surface area contributed by atoms with Crippen LogP contribution in [0.5, 0.6) is 0 Å². The van der Waals surface area contributed by atoms with Crippen molar-refractivity contribution in [3.8, 4) is 0 Å². The van der Waals surface area contributed by atoms with Gasteiger partial charge in [-0.25, -0.2) is 9.69 Å². The third-order valence-electron chi connectivity index (χ3n) is 3.13. The Labute approximate surface area is 140 Å². The summed E-state index contributed by atoms with van der Waals surface area (Å²) in [6, 6.07) is 11.5. The minimum Gasteiger partial charge on any atom is -0.307 e. The van der Waals surface area contributed by atoms with Gasteiger partial charge in [0.05, 0.1) is 16.7 Å². The highest BCUT2D eigenvalue weighted by Crippen LogP contribution is 2.20. The van der Waals surface area contributed by atoms with Gasteiger partial charge in [-0.2, -0.15) is 0 Å². The van der Waals surface area contributed by atoms with Gasteiger partial charge < -0.3 is 5.32 Å². The van der Waals surface area contributed by atoms with Crippen molar-refractivity contribution in [1.29, 1.82) is 0 Å². The smallest absolute Gasteiger partial charge is 0.307 e. The maximum atomic E-state index is 12.3. The highest BCUT2D eigenvalue weighted by molar-refractivity contribution is 9.10. The van der Waals surface area contributed by atoms with E-state index in [4.69, 9.17) is 0 Å². The van der Waals surface area contributed by atoms with Crippen LogP contribution >= 0.6 is 15.9 Å². The van der Waals surface area contributed by atoms with Crippen LogP contribution in [0.15, 0.2) is 59.3 Å². The Morgan fingerprint density at radius 2 is 1.87 bits per heavy atom. The molecule has 0 saturated carbocycles. The summed E-state index contributed by atoms with van der Waals surface area (Å²) < 4.78 is 0.828. The van der Waals surface area contributed by atoms with E-state index in [1.165, 1.54) is 0 Å². The highest BCUT2D eigenvalue weighted by atomic mass is 79.9. The van der Waals surface area contributed by atoms with Crippen molar-refractivity contribution in [3.63, 3.8) is 0 Å². The SMILES string of the molecule is O=CN(C(=O)Nc1cccc(Br)c1)c1ccc2nccnc2c1. The van der Waals surface area contributed by atoms with Crippen molar-refractivity contribution in [2.75, 3.05) is 10.2 Å². The number of benzene rings is 2. The number of halogens is 1. The fourth-order valence-electron chi connectivity index (χ4n) is 2.08. The zero-order chi connectivity index (χ0) is 16.2. The van der Waals surface area contributed by atoms with Gasteiger partial charge >= 0.3 is 6.03 Å². The number of nitrogens with one attached hydrogen (secondary N) is 1. The van der Waals surface area contributed by atoms with E-state index < -0.39 is 6.03 Å². The van der Waals surface area contributed by atoms with Crippen molar-refractivity contribution >= 4 is 50.8 Å². The Balaban J connectivity index is 1.88. The lowest BCUT2D eigenvalue weighted by Gasteiger charge is -2.16. The topological polar surface area (TPSA) is 75.2 Å². The molecule has 1 N–H and O–H groups in total. The van der Waals surface area contributed by atoms with E-state index >= 15 is 0 Å². The molecule has 3 amide bonds. The van der Waals surface area contributed by atoms with E-state index in [1.54, 1.807) is 48.8 Å². The molecule has 3 rings (SSSR count). The summed E-state index contributed by atoms with van der Waals surface area (Å²) in [4.78, 5) is 33.0. The lowest BCUT2D eigenvalue weighted by atomic mass is 10.2. The van der Waals surface area contributed by atoms with Gasteiger partial charge in [-0.05, 0) is 36.4 Å². The number of fused-ring (bicyclic) bond motifs is 1. The number of urea groups is 1.